The highest BCUT2D eigenvalue weighted by molar-refractivity contribution is 9.13. The van der Waals surface area contributed by atoms with Crippen molar-refractivity contribution in [3.8, 4) is 0 Å². The van der Waals surface area contributed by atoms with Crippen LogP contribution >= 0.6 is 43.2 Å². The minimum Gasteiger partial charge on any atom is -0.323 e. The summed E-state index contributed by atoms with van der Waals surface area (Å²) in [5.74, 6) is 0.628. The van der Waals surface area contributed by atoms with Gasteiger partial charge in [0.25, 0.3) is 0 Å². The molecule has 2 heterocycles. The molecule has 0 amide bonds. The van der Waals surface area contributed by atoms with Gasteiger partial charge in [-0.3, -0.25) is 0 Å². The van der Waals surface area contributed by atoms with Gasteiger partial charge in [0.2, 0.25) is 0 Å². The molecule has 0 unspecified atom stereocenters. The third kappa shape index (κ3) is 2.82. The molecule has 3 N–H and O–H groups in total. The van der Waals surface area contributed by atoms with Gasteiger partial charge >= 0.3 is 0 Å². The quantitative estimate of drug-likeness (QED) is 0.856. The van der Waals surface area contributed by atoms with Gasteiger partial charge in [-0.2, -0.15) is 0 Å². The fourth-order valence-electron chi connectivity index (χ4n) is 1.96. The molecule has 0 saturated carbocycles. The van der Waals surface area contributed by atoms with Crippen molar-refractivity contribution in [3.05, 3.63) is 19.2 Å². The van der Waals surface area contributed by atoms with Crippen LogP contribution in [-0.2, 0) is 0 Å². The molecule has 1 aliphatic rings. The first kappa shape index (κ1) is 12.0. The summed E-state index contributed by atoms with van der Waals surface area (Å²) in [5.41, 5.74) is 6.29. The Kier molecular flexibility index (Phi) is 4.24. The van der Waals surface area contributed by atoms with Crippen LogP contribution in [-0.4, -0.2) is 13.1 Å². The number of hydrogen-bond acceptors (Lipinski definition) is 3. The predicted molar refractivity (Wildman–Crippen MR) is 72.2 cm³/mol. The maximum absolute atomic E-state index is 6.29. The third-order valence-electron chi connectivity index (χ3n) is 2.88. The van der Waals surface area contributed by atoms with E-state index < -0.39 is 0 Å². The molecule has 0 spiro atoms. The molecule has 5 heteroatoms. The van der Waals surface area contributed by atoms with E-state index in [0.717, 1.165) is 21.3 Å². The topological polar surface area (TPSA) is 38.0 Å². The summed E-state index contributed by atoms with van der Waals surface area (Å²) >= 11 is 8.76. The predicted octanol–water partition coefficient (Wildman–Crippen LogP) is 3.27. The van der Waals surface area contributed by atoms with Crippen molar-refractivity contribution >= 4 is 43.2 Å². The summed E-state index contributed by atoms with van der Waals surface area (Å²) in [6.07, 6.45) is 2.38. The largest absolute Gasteiger partial charge is 0.323 e. The lowest BCUT2D eigenvalue weighted by Gasteiger charge is -2.27. The van der Waals surface area contributed by atoms with Crippen LogP contribution in [0.3, 0.4) is 0 Å². The van der Waals surface area contributed by atoms with Crippen LogP contribution in [0.1, 0.15) is 23.8 Å². The summed E-state index contributed by atoms with van der Waals surface area (Å²) in [6, 6.07) is 2.33. The van der Waals surface area contributed by atoms with E-state index >= 15 is 0 Å². The van der Waals surface area contributed by atoms with Gasteiger partial charge in [0.15, 0.2) is 0 Å². The average Bonchev–Trinajstić information content (AvgIpc) is 2.59. The highest BCUT2D eigenvalue weighted by Gasteiger charge is 2.23. The molecule has 1 aromatic heterocycles. The summed E-state index contributed by atoms with van der Waals surface area (Å²) in [7, 11) is 0. The fraction of sp³-hybridized carbons (Fsp3) is 0.600. The van der Waals surface area contributed by atoms with Crippen molar-refractivity contribution in [2.24, 2.45) is 11.7 Å². The SMILES string of the molecule is N[C@@H](c1cc(Br)c(Br)s1)C1CCNCC1. The van der Waals surface area contributed by atoms with Gasteiger partial charge in [-0.05, 0) is 69.8 Å². The Labute approximate surface area is 111 Å². The first-order valence-corrected chi connectivity index (χ1v) is 7.50. The molecule has 2 rings (SSSR count). The fourth-order valence-corrected chi connectivity index (χ4v) is 4.15. The second kappa shape index (κ2) is 5.27. The molecule has 0 aromatic carbocycles. The maximum Gasteiger partial charge on any atom is 0.0843 e. The normalized spacial score (nSPS) is 20.5. The lowest BCUT2D eigenvalue weighted by molar-refractivity contribution is 0.325. The van der Waals surface area contributed by atoms with Crippen LogP contribution < -0.4 is 11.1 Å². The Morgan fingerprint density at radius 3 is 2.60 bits per heavy atom. The first-order chi connectivity index (χ1) is 7.18. The molecule has 1 aliphatic heterocycles. The summed E-state index contributed by atoms with van der Waals surface area (Å²) < 4.78 is 2.26. The van der Waals surface area contributed by atoms with Gasteiger partial charge in [0.05, 0.1) is 3.79 Å². The van der Waals surface area contributed by atoms with Gasteiger partial charge < -0.3 is 11.1 Å². The number of piperidine rings is 1. The Morgan fingerprint density at radius 1 is 1.40 bits per heavy atom. The van der Waals surface area contributed by atoms with E-state index in [1.807, 2.05) is 0 Å². The second-order valence-corrected chi connectivity index (χ2v) is 7.14. The Bertz CT molecular complexity index is 315. The summed E-state index contributed by atoms with van der Waals surface area (Å²) in [6.45, 7) is 2.21. The smallest absolute Gasteiger partial charge is 0.0843 e. The van der Waals surface area contributed by atoms with Crippen LogP contribution in [0.25, 0.3) is 0 Å². The van der Waals surface area contributed by atoms with Crippen molar-refractivity contribution in [2.75, 3.05) is 13.1 Å². The number of nitrogens with two attached hydrogens (primary N) is 1. The summed E-state index contributed by atoms with van der Waals surface area (Å²) in [5, 5.41) is 3.37. The number of thiophene rings is 1. The van der Waals surface area contributed by atoms with Gasteiger partial charge in [0, 0.05) is 15.4 Å². The van der Waals surface area contributed by atoms with E-state index in [9.17, 15) is 0 Å². The highest BCUT2D eigenvalue weighted by atomic mass is 79.9. The Morgan fingerprint density at radius 2 is 2.07 bits per heavy atom. The average molecular weight is 354 g/mol. The van der Waals surface area contributed by atoms with E-state index in [1.54, 1.807) is 11.3 Å². The minimum atomic E-state index is 0.194. The zero-order chi connectivity index (χ0) is 10.8. The van der Waals surface area contributed by atoms with E-state index in [1.165, 1.54) is 17.7 Å². The lowest BCUT2D eigenvalue weighted by Crippen LogP contribution is -2.33. The molecule has 2 nitrogen and oxygen atoms in total. The van der Waals surface area contributed by atoms with Gasteiger partial charge in [0.1, 0.15) is 0 Å². The van der Waals surface area contributed by atoms with Crippen molar-refractivity contribution < 1.29 is 0 Å². The third-order valence-corrected chi connectivity index (χ3v) is 6.24. The zero-order valence-corrected chi connectivity index (χ0v) is 12.3. The maximum atomic E-state index is 6.29. The van der Waals surface area contributed by atoms with Crippen molar-refractivity contribution in [1.82, 2.24) is 5.32 Å². The second-order valence-electron chi connectivity index (χ2n) is 3.88. The number of rotatable bonds is 2. The molecule has 0 aliphatic carbocycles. The number of hydrogen-bond donors (Lipinski definition) is 2. The van der Waals surface area contributed by atoms with E-state index in [0.29, 0.717) is 5.92 Å². The van der Waals surface area contributed by atoms with Crippen LogP contribution in [0.2, 0.25) is 0 Å². The van der Waals surface area contributed by atoms with Crippen molar-refractivity contribution in [2.45, 2.75) is 18.9 Å². The molecule has 0 bridgehead atoms. The lowest BCUT2D eigenvalue weighted by atomic mass is 9.90. The number of nitrogens with one attached hydrogen (secondary N) is 1. The van der Waals surface area contributed by atoms with E-state index in [2.05, 4.69) is 43.2 Å². The number of halogens is 2. The van der Waals surface area contributed by atoms with Crippen LogP contribution in [0.15, 0.2) is 14.3 Å². The molecule has 1 atom stereocenters. The Hall–Kier alpha value is 0.580. The Balaban J connectivity index is 2.08. The van der Waals surface area contributed by atoms with Crippen molar-refractivity contribution in [3.63, 3.8) is 0 Å². The van der Waals surface area contributed by atoms with Crippen LogP contribution in [0, 0.1) is 5.92 Å². The van der Waals surface area contributed by atoms with E-state index in [-0.39, 0.29) is 6.04 Å². The molecule has 15 heavy (non-hydrogen) atoms. The monoisotopic (exact) mass is 352 g/mol. The van der Waals surface area contributed by atoms with Gasteiger partial charge in [-0.25, -0.2) is 0 Å². The zero-order valence-electron chi connectivity index (χ0n) is 8.30. The molecule has 0 radical (unpaired) electrons. The van der Waals surface area contributed by atoms with E-state index in [4.69, 9.17) is 5.73 Å². The summed E-state index contributed by atoms with van der Waals surface area (Å²) in [4.78, 5) is 1.28. The molecule has 1 saturated heterocycles. The minimum absolute atomic E-state index is 0.194. The van der Waals surface area contributed by atoms with Crippen LogP contribution in [0.5, 0.6) is 0 Å². The van der Waals surface area contributed by atoms with Gasteiger partial charge in [-0.15, -0.1) is 11.3 Å². The molecular weight excluding hydrogens is 340 g/mol. The van der Waals surface area contributed by atoms with Gasteiger partial charge in [-0.1, -0.05) is 0 Å². The standard InChI is InChI=1S/C10H14Br2N2S/c11-7-5-8(15-10(7)12)9(13)6-1-3-14-4-2-6/h5-6,9,14H,1-4,13H2/t9-/m1/s1. The van der Waals surface area contributed by atoms with Crippen LogP contribution in [0.4, 0.5) is 0 Å². The van der Waals surface area contributed by atoms with Crippen molar-refractivity contribution in [1.29, 1.82) is 0 Å². The molecule has 84 valence electrons. The highest BCUT2D eigenvalue weighted by Crippen LogP contribution is 2.38. The molecule has 1 aromatic rings. The first-order valence-electron chi connectivity index (χ1n) is 5.09. The molecule has 1 fully saturated rings. The molecular formula is C10H14Br2N2S.